The molecule has 2 rings (SSSR count). The third kappa shape index (κ3) is 3.08. The first kappa shape index (κ1) is 16.7. The SMILES string of the molecule is COc1cc(-c2cc(C(=O)O)nn2C)c(OC)c(C(F)(F)F)c1. The summed E-state index contributed by atoms with van der Waals surface area (Å²) in [5, 5.41) is 12.7. The van der Waals surface area contributed by atoms with Crippen molar-refractivity contribution in [2.45, 2.75) is 6.18 Å². The van der Waals surface area contributed by atoms with Crippen LogP contribution in [-0.2, 0) is 13.2 Å². The van der Waals surface area contributed by atoms with E-state index in [0.717, 1.165) is 13.2 Å². The van der Waals surface area contributed by atoms with Crippen LogP contribution in [0.5, 0.6) is 11.5 Å². The van der Waals surface area contributed by atoms with Crippen molar-refractivity contribution in [2.24, 2.45) is 7.05 Å². The number of methoxy groups -OCH3 is 2. The summed E-state index contributed by atoms with van der Waals surface area (Å²) in [6.07, 6.45) is -4.66. The molecule has 0 aliphatic rings. The summed E-state index contributed by atoms with van der Waals surface area (Å²) < 4.78 is 50.7. The van der Waals surface area contributed by atoms with E-state index in [0.29, 0.717) is 0 Å². The molecular formula is C14H13F3N2O4. The molecule has 1 aromatic carbocycles. The van der Waals surface area contributed by atoms with Gasteiger partial charge < -0.3 is 14.6 Å². The molecule has 0 radical (unpaired) electrons. The van der Waals surface area contributed by atoms with Gasteiger partial charge in [0.25, 0.3) is 0 Å². The Labute approximate surface area is 129 Å². The van der Waals surface area contributed by atoms with E-state index >= 15 is 0 Å². The number of carboxylic acids is 1. The molecule has 0 saturated heterocycles. The number of aryl methyl sites for hydroxylation is 1. The van der Waals surface area contributed by atoms with Gasteiger partial charge in [0.1, 0.15) is 17.1 Å². The highest BCUT2D eigenvalue weighted by Gasteiger charge is 2.37. The largest absolute Gasteiger partial charge is 0.497 e. The van der Waals surface area contributed by atoms with Gasteiger partial charge in [-0.25, -0.2) is 4.79 Å². The molecule has 0 saturated carbocycles. The van der Waals surface area contributed by atoms with E-state index in [1.165, 1.54) is 31.0 Å². The second kappa shape index (κ2) is 5.82. The normalized spacial score (nSPS) is 11.4. The molecule has 0 bridgehead atoms. The second-order valence-electron chi connectivity index (χ2n) is 4.60. The van der Waals surface area contributed by atoms with Crippen LogP contribution in [0.1, 0.15) is 16.1 Å². The number of ether oxygens (including phenoxy) is 2. The first-order valence-corrected chi connectivity index (χ1v) is 6.30. The smallest absolute Gasteiger partial charge is 0.420 e. The van der Waals surface area contributed by atoms with Gasteiger partial charge in [0.15, 0.2) is 5.69 Å². The Kier molecular flexibility index (Phi) is 4.22. The molecule has 0 unspecified atom stereocenters. The van der Waals surface area contributed by atoms with Crippen LogP contribution in [0.15, 0.2) is 18.2 Å². The number of rotatable bonds is 4. The van der Waals surface area contributed by atoms with Crippen molar-refractivity contribution in [2.75, 3.05) is 14.2 Å². The van der Waals surface area contributed by atoms with Crippen molar-refractivity contribution in [3.63, 3.8) is 0 Å². The Balaban J connectivity index is 2.78. The summed E-state index contributed by atoms with van der Waals surface area (Å²) in [7, 11) is 3.76. The number of benzene rings is 1. The fourth-order valence-corrected chi connectivity index (χ4v) is 2.16. The maximum Gasteiger partial charge on any atom is 0.420 e. The van der Waals surface area contributed by atoms with Crippen molar-refractivity contribution in [1.29, 1.82) is 0 Å². The maximum absolute atomic E-state index is 13.2. The zero-order valence-corrected chi connectivity index (χ0v) is 12.4. The minimum absolute atomic E-state index is 0.0293. The Morgan fingerprint density at radius 3 is 2.30 bits per heavy atom. The Hall–Kier alpha value is -2.71. The monoisotopic (exact) mass is 330 g/mol. The van der Waals surface area contributed by atoms with Crippen molar-refractivity contribution < 1.29 is 32.5 Å². The molecule has 0 aliphatic carbocycles. The van der Waals surface area contributed by atoms with E-state index in [1.807, 2.05) is 0 Å². The molecule has 0 fully saturated rings. The van der Waals surface area contributed by atoms with Crippen LogP contribution >= 0.6 is 0 Å². The summed E-state index contributed by atoms with van der Waals surface area (Å²) in [5.41, 5.74) is -1.13. The second-order valence-corrected chi connectivity index (χ2v) is 4.60. The van der Waals surface area contributed by atoms with Gasteiger partial charge in [0.2, 0.25) is 0 Å². The summed E-state index contributed by atoms with van der Waals surface area (Å²) >= 11 is 0. The number of hydrogen-bond acceptors (Lipinski definition) is 4. The molecule has 9 heteroatoms. The van der Waals surface area contributed by atoms with Gasteiger partial charge in [-0.3, -0.25) is 4.68 Å². The van der Waals surface area contributed by atoms with E-state index in [4.69, 9.17) is 14.6 Å². The fourth-order valence-electron chi connectivity index (χ4n) is 2.16. The van der Waals surface area contributed by atoms with Crippen LogP contribution < -0.4 is 9.47 Å². The Bertz CT molecular complexity index is 753. The van der Waals surface area contributed by atoms with Crippen LogP contribution in [0, 0.1) is 0 Å². The lowest BCUT2D eigenvalue weighted by Crippen LogP contribution is -2.09. The van der Waals surface area contributed by atoms with Crippen molar-refractivity contribution in [3.8, 4) is 22.8 Å². The first-order chi connectivity index (χ1) is 10.7. The van der Waals surface area contributed by atoms with Gasteiger partial charge in [0, 0.05) is 12.6 Å². The maximum atomic E-state index is 13.2. The number of carbonyl (C=O) groups is 1. The minimum Gasteiger partial charge on any atom is -0.497 e. The number of nitrogens with zero attached hydrogens (tertiary/aromatic N) is 2. The van der Waals surface area contributed by atoms with Crippen molar-refractivity contribution in [3.05, 3.63) is 29.5 Å². The van der Waals surface area contributed by atoms with Gasteiger partial charge in [-0.15, -0.1) is 0 Å². The summed E-state index contributed by atoms with van der Waals surface area (Å²) in [4.78, 5) is 11.0. The van der Waals surface area contributed by atoms with Crippen LogP contribution in [0.4, 0.5) is 13.2 Å². The van der Waals surface area contributed by atoms with Crippen LogP contribution in [0.3, 0.4) is 0 Å². The molecule has 1 N–H and O–H groups in total. The highest BCUT2D eigenvalue weighted by Crippen LogP contribution is 2.44. The molecule has 0 atom stereocenters. The number of hydrogen-bond donors (Lipinski definition) is 1. The van der Waals surface area contributed by atoms with Gasteiger partial charge >= 0.3 is 12.1 Å². The molecule has 6 nitrogen and oxygen atoms in total. The molecule has 124 valence electrons. The average molecular weight is 330 g/mol. The molecule has 0 aliphatic heterocycles. The number of alkyl halides is 3. The lowest BCUT2D eigenvalue weighted by Gasteiger charge is -2.17. The van der Waals surface area contributed by atoms with Gasteiger partial charge in [-0.2, -0.15) is 18.3 Å². The zero-order valence-electron chi connectivity index (χ0n) is 12.4. The molecular weight excluding hydrogens is 317 g/mol. The Morgan fingerprint density at radius 2 is 1.87 bits per heavy atom. The molecule has 0 amide bonds. The quantitative estimate of drug-likeness (QED) is 0.933. The van der Waals surface area contributed by atoms with E-state index in [9.17, 15) is 18.0 Å². The highest BCUT2D eigenvalue weighted by atomic mass is 19.4. The number of aromatic nitrogens is 2. The van der Waals surface area contributed by atoms with E-state index in [2.05, 4.69) is 5.10 Å². The predicted octanol–water partition coefficient (Wildman–Crippen LogP) is 2.82. The third-order valence-electron chi connectivity index (χ3n) is 3.18. The standard InChI is InChI=1S/C14H13F3N2O4/c1-19-11(6-10(18-19)13(20)21)8-4-7(22-2)5-9(12(8)23-3)14(15,16)17/h4-6H,1-3H3,(H,20,21). The minimum atomic E-state index is -4.66. The average Bonchev–Trinajstić information content (AvgIpc) is 2.87. The van der Waals surface area contributed by atoms with Gasteiger partial charge in [0.05, 0.1) is 19.9 Å². The molecule has 1 heterocycles. The molecule has 0 spiro atoms. The highest BCUT2D eigenvalue weighted by molar-refractivity contribution is 5.87. The number of aromatic carboxylic acids is 1. The van der Waals surface area contributed by atoms with E-state index < -0.39 is 23.5 Å². The van der Waals surface area contributed by atoms with Crippen LogP contribution in [-0.4, -0.2) is 35.1 Å². The lowest BCUT2D eigenvalue weighted by atomic mass is 10.0. The van der Waals surface area contributed by atoms with Gasteiger partial charge in [-0.1, -0.05) is 0 Å². The van der Waals surface area contributed by atoms with Crippen LogP contribution in [0.2, 0.25) is 0 Å². The molecule has 2 aromatic rings. The Morgan fingerprint density at radius 1 is 1.22 bits per heavy atom. The molecule has 23 heavy (non-hydrogen) atoms. The lowest BCUT2D eigenvalue weighted by molar-refractivity contribution is -0.138. The third-order valence-corrected chi connectivity index (χ3v) is 3.18. The van der Waals surface area contributed by atoms with E-state index in [-0.39, 0.29) is 22.7 Å². The van der Waals surface area contributed by atoms with Crippen LogP contribution in [0.25, 0.3) is 11.3 Å². The fraction of sp³-hybridized carbons (Fsp3) is 0.286. The molecule has 1 aromatic heterocycles. The summed E-state index contributed by atoms with van der Waals surface area (Å²) in [5.74, 6) is -1.76. The van der Waals surface area contributed by atoms with E-state index in [1.54, 1.807) is 0 Å². The number of halogens is 3. The van der Waals surface area contributed by atoms with Gasteiger partial charge in [-0.05, 0) is 18.2 Å². The first-order valence-electron chi connectivity index (χ1n) is 6.30. The topological polar surface area (TPSA) is 73.6 Å². The van der Waals surface area contributed by atoms with Crippen molar-refractivity contribution >= 4 is 5.97 Å². The number of carboxylic acid groups (broad SMARTS) is 1. The summed E-state index contributed by atoms with van der Waals surface area (Å²) in [6, 6.07) is 3.31. The zero-order chi connectivity index (χ0) is 17.4. The van der Waals surface area contributed by atoms with Crippen molar-refractivity contribution in [1.82, 2.24) is 9.78 Å². The predicted molar refractivity (Wildman–Crippen MR) is 73.7 cm³/mol. The summed E-state index contributed by atoms with van der Waals surface area (Å²) in [6.45, 7) is 0.